The van der Waals surface area contributed by atoms with Crippen molar-refractivity contribution >= 4 is 5.78 Å². The number of carbonyl (C=O) groups is 1. The molecule has 2 aliphatic rings. The second-order valence-corrected chi connectivity index (χ2v) is 5.43. The topological polar surface area (TPSA) is 59.8 Å². The van der Waals surface area contributed by atoms with Gasteiger partial charge in [-0.3, -0.25) is 4.79 Å². The van der Waals surface area contributed by atoms with Crippen LogP contribution in [-0.4, -0.2) is 32.6 Å². The van der Waals surface area contributed by atoms with E-state index >= 15 is 0 Å². The number of aromatic nitrogens is 3. The molecule has 3 unspecified atom stereocenters. The first-order valence-corrected chi connectivity index (χ1v) is 6.93. The van der Waals surface area contributed by atoms with Gasteiger partial charge in [-0.1, -0.05) is 6.92 Å². The van der Waals surface area contributed by atoms with Gasteiger partial charge in [0.25, 0.3) is 0 Å². The highest BCUT2D eigenvalue weighted by Crippen LogP contribution is 2.34. The van der Waals surface area contributed by atoms with Crippen molar-refractivity contribution in [1.29, 1.82) is 0 Å². The summed E-state index contributed by atoms with van der Waals surface area (Å²) in [5.74, 6) is 1.36. The minimum atomic E-state index is 0.204. The fraction of sp³-hybridized carbons (Fsp3) is 0.769. The van der Waals surface area contributed by atoms with Crippen LogP contribution in [0.3, 0.4) is 0 Å². The largest absolute Gasteiger partial charge is 0.310 e. The van der Waals surface area contributed by atoms with Gasteiger partial charge in [0.15, 0.2) is 0 Å². The van der Waals surface area contributed by atoms with E-state index in [9.17, 15) is 4.79 Å². The molecular formula is C13H20N4O. The van der Waals surface area contributed by atoms with Gasteiger partial charge in [-0.25, -0.2) is 9.67 Å². The maximum atomic E-state index is 12.3. The molecule has 2 aliphatic heterocycles. The molecule has 0 radical (unpaired) electrons. The molecule has 1 N–H and O–H groups in total. The Morgan fingerprint density at radius 3 is 3.11 bits per heavy atom. The van der Waals surface area contributed by atoms with Gasteiger partial charge in [-0.2, -0.15) is 5.10 Å². The second-order valence-electron chi connectivity index (χ2n) is 5.43. The predicted octanol–water partition coefficient (Wildman–Crippen LogP) is 0.940. The highest BCUT2D eigenvalue weighted by Gasteiger charge is 2.42. The Balaban J connectivity index is 1.65. The molecule has 2 fully saturated rings. The quantitative estimate of drug-likeness (QED) is 0.842. The van der Waals surface area contributed by atoms with Gasteiger partial charge < -0.3 is 5.32 Å². The second kappa shape index (κ2) is 4.80. The molecule has 5 nitrogen and oxygen atoms in total. The molecule has 3 atom stereocenters. The lowest BCUT2D eigenvalue weighted by molar-refractivity contribution is -0.122. The predicted molar refractivity (Wildman–Crippen MR) is 67.1 cm³/mol. The fourth-order valence-electron chi connectivity index (χ4n) is 3.29. The number of aryl methyl sites for hydroxylation is 1. The molecule has 3 heterocycles. The van der Waals surface area contributed by atoms with Gasteiger partial charge in [0.05, 0.1) is 6.42 Å². The summed E-state index contributed by atoms with van der Waals surface area (Å²) in [6.07, 6.45) is 6.42. The van der Waals surface area contributed by atoms with Crippen molar-refractivity contribution in [3.05, 3.63) is 12.2 Å². The Morgan fingerprint density at radius 1 is 1.56 bits per heavy atom. The van der Waals surface area contributed by atoms with Gasteiger partial charge in [0.1, 0.15) is 17.9 Å². The summed E-state index contributed by atoms with van der Waals surface area (Å²) in [6.45, 7) is 2.95. The molecule has 0 aromatic carbocycles. The standard InChI is InChI=1S/C13H20N4O/c1-2-5-17-13(14-8-15-17)7-12(18)10-6-9-3-4-11(10)16-9/h8-11,16H,2-7H2,1H3. The maximum absolute atomic E-state index is 12.3. The van der Waals surface area contributed by atoms with Gasteiger partial charge in [-0.05, 0) is 25.7 Å². The summed E-state index contributed by atoms with van der Waals surface area (Å²) < 4.78 is 1.86. The average Bonchev–Trinajstić information content (AvgIpc) is 3.06. The van der Waals surface area contributed by atoms with Crippen LogP contribution in [0.25, 0.3) is 0 Å². The van der Waals surface area contributed by atoms with Crippen LogP contribution >= 0.6 is 0 Å². The molecule has 3 rings (SSSR count). The normalized spacial score (nSPS) is 29.9. The van der Waals surface area contributed by atoms with Crippen LogP contribution in [0.15, 0.2) is 6.33 Å². The van der Waals surface area contributed by atoms with Gasteiger partial charge in [0, 0.05) is 24.5 Å². The first kappa shape index (κ1) is 11.8. The van der Waals surface area contributed by atoms with Crippen LogP contribution in [0.5, 0.6) is 0 Å². The molecule has 2 bridgehead atoms. The van der Waals surface area contributed by atoms with Gasteiger partial charge in [0.2, 0.25) is 0 Å². The maximum Gasteiger partial charge on any atom is 0.145 e. The number of Topliss-reactive ketones (excluding diaryl/α,β-unsaturated/α-hetero) is 1. The Morgan fingerprint density at radius 2 is 2.44 bits per heavy atom. The minimum Gasteiger partial charge on any atom is -0.310 e. The number of fused-ring (bicyclic) bond motifs is 2. The van der Waals surface area contributed by atoms with Crippen molar-refractivity contribution in [3.8, 4) is 0 Å². The summed E-state index contributed by atoms with van der Waals surface area (Å²) >= 11 is 0. The van der Waals surface area contributed by atoms with Crippen molar-refractivity contribution in [2.45, 2.75) is 57.7 Å². The SMILES string of the molecule is CCCn1ncnc1CC(=O)C1CC2CCC1N2. The minimum absolute atomic E-state index is 0.204. The number of hydrogen-bond acceptors (Lipinski definition) is 4. The van der Waals surface area contributed by atoms with E-state index in [0.717, 1.165) is 31.6 Å². The van der Waals surface area contributed by atoms with Crippen LogP contribution in [0, 0.1) is 5.92 Å². The molecule has 18 heavy (non-hydrogen) atoms. The van der Waals surface area contributed by atoms with Crippen molar-refractivity contribution < 1.29 is 4.79 Å². The van der Waals surface area contributed by atoms with E-state index in [0.29, 0.717) is 24.3 Å². The number of hydrogen-bond donors (Lipinski definition) is 1. The van der Waals surface area contributed by atoms with E-state index in [1.807, 2.05) is 4.68 Å². The number of nitrogens with one attached hydrogen (secondary N) is 1. The molecule has 5 heteroatoms. The van der Waals surface area contributed by atoms with Crippen molar-refractivity contribution in [1.82, 2.24) is 20.1 Å². The summed E-state index contributed by atoms with van der Waals surface area (Å²) in [5.41, 5.74) is 0. The number of ketones is 1. The Labute approximate surface area is 107 Å². The summed E-state index contributed by atoms with van der Waals surface area (Å²) in [7, 11) is 0. The van der Waals surface area contributed by atoms with E-state index in [4.69, 9.17) is 0 Å². The number of carbonyl (C=O) groups excluding carboxylic acids is 1. The number of rotatable bonds is 5. The molecule has 0 amide bonds. The fourth-order valence-corrected chi connectivity index (χ4v) is 3.29. The highest BCUT2D eigenvalue weighted by molar-refractivity contribution is 5.83. The van der Waals surface area contributed by atoms with E-state index in [-0.39, 0.29) is 5.92 Å². The van der Waals surface area contributed by atoms with E-state index < -0.39 is 0 Å². The van der Waals surface area contributed by atoms with Crippen LogP contribution < -0.4 is 5.32 Å². The third kappa shape index (κ3) is 2.07. The smallest absolute Gasteiger partial charge is 0.145 e. The number of nitrogens with zero attached hydrogens (tertiary/aromatic N) is 3. The molecular weight excluding hydrogens is 228 g/mol. The van der Waals surface area contributed by atoms with Crippen LogP contribution in [0.2, 0.25) is 0 Å². The molecule has 0 spiro atoms. The Kier molecular flexibility index (Phi) is 3.16. The summed E-state index contributed by atoms with van der Waals surface area (Å²) in [5, 5.41) is 7.69. The molecule has 2 saturated heterocycles. The van der Waals surface area contributed by atoms with Crippen molar-refractivity contribution in [2.24, 2.45) is 5.92 Å². The van der Waals surface area contributed by atoms with Crippen LogP contribution in [0.1, 0.15) is 38.4 Å². The lowest BCUT2D eigenvalue weighted by Crippen LogP contribution is -2.30. The van der Waals surface area contributed by atoms with Gasteiger partial charge >= 0.3 is 0 Å². The summed E-state index contributed by atoms with van der Waals surface area (Å²) in [6, 6.07) is 1.00. The third-order valence-corrected chi connectivity index (χ3v) is 4.18. The zero-order chi connectivity index (χ0) is 12.5. The molecule has 1 aromatic rings. The monoisotopic (exact) mass is 248 g/mol. The zero-order valence-electron chi connectivity index (χ0n) is 10.8. The third-order valence-electron chi connectivity index (χ3n) is 4.18. The Bertz CT molecular complexity index is 442. The summed E-state index contributed by atoms with van der Waals surface area (Å²) in [4.78, 5) is 16.6. The highest BCUT2D eigenvalue weighted by atomic mass is 16.1. The lowest BCUT2D eigenvalue weighted by Gasteiger charge is -2.18. The van der Waals surface area contributed by atoms with E-state index in [1.54, 1.807) is 6.33 Å². The van der Waals surface area contributed by atoms with Crippen LogP contribution in [0.4, 0.5) is 0 Å². The first-order chi connectivity index (χ1) is 8.78. The van der Waals surface area contributed by atoms with E-state index in [1.165, 1.54) is 6.42 Å². The lowest BCUT2D eigenvalue weighted by atomic mass is 9.85. The van der Waals surface area contributed by atoms with E-state index in [2.05, 4.69) is 22.3 Å². The molecule has 98 valence electrons. The van der Waals surface area contributed by atoms with Gasteiger partial charge in [-0.15, -0.1) is 0 Å². The van der Waals surface area contributed by atoms with Crippen molar-refractivity contribution in [3.63, 3.8) is 0 Å². The molecule has 0 aliphatic carbocycles. The zero-order valence-corrected chi connectivity index (χ0v) is 10.8. The first-order valence-electron chi connectivity index (χ1n) is 6.93. The Hall–Kier alpha value is -1.23. The van der Waals surface area contributed by atoms with Crippen molar-refractivity contribution in [2.75, 3.05) is 0 Å². The average molecular weight is 248 g/mol. The molecule has 1 aromatic heterocycles. The molecule has 0 saturated carbocycles. The van der Waals surface area contributed by atoms with Crippen LogP contribution in [-0.2, 0) is 17.8 Å².